The number of imide groups is 1. The van der Waals surface area contributed by atoms with Crippen LogP contribution in [0.2, 0.25) is 0 Å². The molecule has 84 valence electrons. The zero-order valence-corrected chi connectivity index (χ0v) is 11.5. The second-order valence-electron chi connectivity index (χ2n) is 3.49. The summed E-state index contributed by atoms with van der Waals surface area (Å²) in [6, 6.07) is 5.16. The van der Waals surface area contributed by atoms with Crippen molar-refractivity contribution >= 4 is 43.7 Å². The van der Waals surface area contributed by atoms with Crippen LogP contribution in [-0.4, -0.2) is 28.6 Å². The Kier molecular flexibility index (Phi) is 3.44. The molecule has 0 fully saturated rings. The molecule has 1 aliphatic heterocycles. The average molecular weight is 347 g/mol. The van der Waals surface area contributed by atoms with Gasteiger partial charge in [0.25, 0.3) is 11.8 Å². The summed E-state index contributed by atoms with van der Waals surface area (Å²) in [5, 5.41) is 0.782. The molecular weight excluding hydrogens is 338 g/mol. The average Bonchev–Trinajstić information content (AvgIpc) is 2.50. The maximum Gasteiger partial charge on any atom is 0.261 e. The number of amides is 2. The molecule has 0 aliphatic carbocycles. The number of benzene rings is 1. The molecule has 0 aromatic heterocycles. The Labute approximate surface area is 110 Å². The van der Waals surface area contributed by atoms with Crippen molar-refractivity contribution in [2.45, 2.75) is 6.42 Å². The molecule has 5 heteroatoms. The lowest BCUT2D eigenvalue weighted by Crippen LogP contribution is -2.30. The standard InChI is InChI=1S/C11H9Br2NO2/c12-4-1-5-14-10(15)8-3-2-7(13)6-9(8)11(14)16/h2-3,6H,1,4-5H2. The SMILES string of the molecule is O=C1c2ccc(Br)cc2C(=O)N1CCCBr. The number of nitrogens with zero attached hydrogens (tertiary/aromatic N) is 1. The third-order valence-electron chi connectivity index (χ3n) is 2.45. The van der Waals surface area contributed by atoms with Crippen LogP contribution >= 0.6 is 31.9 Å². The molecule has 3 nitrogen and oxygen atoms in total. The molecule has 16 heavy (non-hydrogen) atoms. The van der Waals surface area contributed by atoms with E-state index in [9.17, 15) is 9.59 Å². The molecule has 0 unspecified atom stereocenters. The molecule has 0 saturated heterocycles. The van der Waals surface area contributed by atoms with Crippen molar-refractivity contribution in [1.29, 1.82) is 0 Å². The Bertz CT molecular complexity index is 459. The molecule has 0 radical (unpaired) electrons. The van der Waals surface area contributed by atoms with Crippen molar-refractivity contribution in [2.75, 3.05) is 11.9 Å². The summed E-state index contributed by atoms with van der Waals surface area (Å²) in [6.07, 6.45) is 0.770. The van der Waals surface area contributed by atoms with E-state index >= 15 is 0 Å². The second-order valence-corrected chi connectivity index (χ2v) is 5.20. The normalized spacial score (nSPS) is 14.5. The van der Waals surface area contributed by atoms with Crippen LogP contribution in [0.4, 0.5) is 0 Å². The molecule has 2 amide bonds. The van der Waals surface area contributed by atoms with Crippen molar-refractivity contribution in [3.63, 3.8) is 0 Å². The van der Waals surface area contributed by atoms with Gasteiger partial charge in [0.05, 0.1) is 11.1 Å². The maximum absolute atomic E-state index is 11.9. The van der Waals surface area contributed by atoms with Gasteiger partial charge in [-0.05, 0) is 24.6 Å². The van der Waals surface area contributed by atoms with Crippen LogP contribution in [0.3, 0.4) is 0 Å². The lowest BCUT2D eigenvalue weighted by Gasteiger charge is -2.11. The summed E-state index contributed by atoms with van der Waals surface area (Å²) in [5.41, 5.74) is 0.997. The van der Waals surface area contributed by atoms with E-state index < -0.39 is 0 Å². The van der Waals surface area contributed by atoms with Gasteiger partial charge in [0.1, 0.15) is 0 Å². The Morgan fingerprint density at radius 3 is 2.50 bits per heavy atom. The minimum absolute atomic E-state index is 0.187. The predicted molar refractivity (Wildman–Crippen MR) is 67.9 cm³/mol. The van der Waals surface area contributed by atoms with Gasteiger partial charge < -0.3 is 0 Å². The van der Waals surface area contributed by atoms with E-state index in [1.54, 1.807) is 18.2 Å². The number of alkyl halides is 1. The van der Waals surface area contributed by atoms with Crippen LogP contribution in [-0.2, 0) is 0 Å². The first kappa shape index (κ1) is 11.8. The van der Waals surface area contributed by atoms with Crippen LogP contribution in [0.5, 0.6) is 0 Å². The van der Waals surface area contributed by atoms with Crippen molar-refractivity contribution < 1.29 is 9.59 Å². The highest BCUT2D eigenvalue weighted by Gasteiger charge is 2.34. The molecule has 0 N–H and O–H groups in total. The predicted octanol–water partition coefficient (Wildman–Crippen LogP) is 2.83. The Morgan fingerprint density at radius 2 is 1.81 bits per heavy atom. The highest BCUT2D eigenvalue weighted by molar-refractivity contribution is 9.10. The fourth-order valence-electron chi connectivity index (χ4n) is 1.68. The fourth-order valence-corrected chi connectivity index (χ4v) is 2.30. The lowest BCUT2D eigenvalue weighted by molar-refractivity contribution is 0.0655. The molecule has 0 saturated carbocycles. The smallest absolute Gasteiger partial charge is 0.261 e. The highest BCUT2D eigenvalue weighted by atomic mass is 79.9. The third-order valence-corrected chi connectivity index (χ3v) is 3.50. The van der Waals surface area contributed by atoms with Gasteiger partial charge in [0.15, 0.2) is 0 Å². The van der Waals surface area contributed by atoms with Crippen LogP contribution < -0.4 is 0 Å². The number of hydrogen-bond donors (Lipinski definition) is 0. The monoisotopic (exact) mass is 345 g/mol. The maximum atomic E-state index is 11.9. The minimum atomic E-state index is -0.192. The largest absolute Gasteiger partial charge is 0.274 e. The molecule has 2 rings (SSSR count). The molecule has 0 atom stereocenters. The van der Waals surface area contributed by atoms with E-state index in [1.807, 2.05) is 0 Å². The van der Waals surface area contributed by atoms with E-state index in [2.05, 4.69) is 31.9 Å². The van der Waals surface area contributed by atoms with Crippen molar-refractivity contribution in [3.05, 3.63) is 33.8 Å². The minimum Gasteiger partial charge on any atom is -0.274 e. The third kappa shape index (κ3) is 1.94. The molecule has 1 aromatic carbocycles. The Morgan fingerprint density at radius 1 is 1.12 bits per heavy atom. The van der Waals surface area contributed by atoms with Gasteiger partial charge in [-0.1, -0.05) is 31.9 Å². The number of carbonyl (C=O) groups is 2. The quantitative estimate of drug-likeness (QED) is 0.623. The molecule has 1 heterocycles. The van der Waals surface area contributed by atoms with Gasteiger partial charge in [-0.25, -0.2) is 0 Å². The van der Waals surface area contributed by atoms with Crippen LogP contribution in [0, 0.1) is 0 Å². The summed E-state index contributed by atoms with van der Waals surface area (Å²) in [4.78, 5) is 25.1. The van der Waals surface area contributed by atoms with Gasteiger partial charge in [-0.3, -0.25) is 14.5 Å². The zero-order valence-electron chi connectivity index (χ0n) is 8.37. The first-order valence-electron chi connectivity index (χ1n) is 4.87. The highest BCUT2D eigenvalue weighted by Crippen LogP contribution is 2.26. The summed E-state index contributed by atoms with van der Waals surface area (Å²) >= 11 is 6.58. The number of rotatable bonds is 3. The van der Waals surface area contributed by atoms with Gasteiger partial charge >= 0.3 is 0 Å². The first-order valence-corrected chi connectivity index (χ1v) is 6.78. The van der Waals surface area contributed by atoms with Crippen molar-refractivity contribution in [1.82, 2.24) is 4.90 Å². The van der Waals surface area contributed by atoms with Gasteiger partial charge in [0.2, 0.25) is 0 Å². The summed E-state index contributed by atoms with van der Waals surface area (Å²) in [5.74, 6) is -0.379. The summed E-state index contributed by atoms with van der Waals surface area (Å²) in [6.45, 7) is 0.467. The van der Waals surface area contributed by atoms with Crippen molar-refractivity contribution in [2.24, 2.45) is 0 Å². The first-order chi connectivity index (χ1) is 7.65. The van der Waals surface area contributed by atoms with Gasteiger partial charge in [0, 0.05) is 16.3 Å². The Hall–Kier alpha value is -0.680. The van der Waals surface area contributed by atoms with E-state index in [-0.39, 0.29) is 11.8 Å². The van der Waals surface area contributed by atoms with Crippen LogP contribution in [0.15, 0.2) is 22.7 Å². The van der Waals surface area contributed by atoms with E-state index in [0.717, 1.165) is 16.2 Å². The molecular formula is C11H9Br2NO2. The van der Waals surface area contributed by atoms with E-state index in [0.29, 0.717) is 17.7 Å². The number of hydrogen-bond acceptors (Lipinski definition) is 2. The van der Waals surface area contributed by atoms with Gasteiger partial charge in [-0.15, -0.1) is 0 Å². The molecule has 0 bridgehead atoms. The van der Waals surface area contributed by atoms with Crippen LogP contribution in [0.25, 0.3) is 0 Å². The second kappa shape index (κ2) is 4.67. The van der Waals surface area contributed by atoms with E-state index in [4.69, 9.17) is 0 Å². The molecule has 1 aliphatic rings. The Balaban J connectivity index is 2.33. The van der Waals surface area contributed by atoms with Gasteiger partial charge in [-0.2, -0.15) is 0 Å². The topological polar surface area (TPSA) is 37.4 Å². The number of carbonyl (C=O) groups excluding carboxylic acids is 2. The zero-order chi connectivity index (χ0) is 11.7. The van der Waals surface area contributed by atoms with Crippen molar-refractivity contribution in [3.8, 4) is 0 Å². The van der Waals surface area contributed by atoms with E-state index in [1.165, 1.54) is 4.90 Å². The lowest BCUT2D eigenvalue weighted by atomic mass is 10.1. The molecule has 0 spiro atoms. The fraction of sp³-hybridized carbons (Fsp3) is 0.273. The molecule has 1 aromatic rings. The summed E-state index contributed by atoms with van der Waals surface area (Å²) < 4.78 is 0.815. The number of fused-ring (bicyclic) bond motifs is 1. The van der Waals surface area contributed by atoms with Crippen LogP contribution in [0.1, 0.15) is 27.1 Å². The summed E-state index contributed by atoms with van der Waals surface area (Å²) in [7, 11) is 0. The number of halogens is 2.